The lowest BCUT2D eigenvalue weighted by atomic mass is 9.96. The molecule has 0 saturated carbocycles. The van der Waals surface area contributed by atoms with Crippen molar-refractivity contribution in [3.8, 4) is 0 Å². The lowest BCUT2D eigenvalue weighted by molar-refractivity contribution is 0.369. The predicted octanol–water partition coefficient (Wildman–Crippen LogP) is 2.98. The monoisotopic (exact) mass is 169 g/mol. The van der Waals surface area contributed by atoms with Crippen molar-refractivity contribution in [1.82, 2.24) is 5.32 Å². The Labute approximate surface area is 77.2 Å². The van der Waals surface area contributed by atoms with E-state index in [4.69, 9.17) is 0 Å². The number of nitrogens with one attached hydrogen (secondary N) is 1. The molecule has 0 aromatic heterocycles. The average molecular weight is 169 g/mol. The van der Waals surface area contributed by atoms with E-state index < -0.39 is 0 Å². The quantitative estimate of drug-likeness (QED) is 0.578. The topological polar surface area (TPSA) is 12.0 Å². The van der Waals surface area contributed by atoms with E-state index in [1.165, 1.54) is 12.8 Å². The fourth-order valence-electron chi connectivity index (χ4n) is 1.31. The van der Waals surface area contributed by atoms with Crippen LogP contribution in [-0.2, 0) is 0 Å². The van der Waals surface area contributed by atoms with Crippen LogP contribution in [0.5, 0.6) is 0 Å². The van der Waals surface area contributed by atoms with E-state index in [9.17, 15) is 0 Å². The summed E-state index contributed by atoms with van der Waals surface area (Å²) in [5, 5.41) is 3.55. The Morgan fingerprint density at radius 3 is 2.50 bits per heavy atom. The first-order chi connectivity index (χ1) is 5.76. The summed E-state index contributed by atoms with van der Waals surface area (Å²) in [5.41, 5.74) is 0. The number of hydrogen-bond donors (Lipinski definition) is 1. The van der Waals surface area contributed by atoms with Crippen molar-refractivity contribution in [1.29, 1.82) is 0 Å². The first kappa shape index (κ1) is 11.7. The molecular weight excluding hydrogens is 146 g/mol. The molecule has 0 aliphatic heterocycles. The summed E-state index contributed by atoms with van der Waals surface area (Å²) < 4.78 is 0. The van der Waals surface area contributed by atoms with Gasteiger partial charge in [-0.05, 0) is 25.3 Å². The smallest absolute Gasteiger partial charge is 0.0127 e. The van der Waals surface area contributed by atoms with Crippen molar-refractivity contribution in [3.63, 3.8) is 0 Å². The Hall–Kier alpha value is -0.300. The molecule has 0 aromatic rings. The van der Waals surface area contributed by atoms with Gasteiger partial charge in [0.15, 0.2) is 0 Å². The molecular formula is C11H23N. The third-order valence-electron chi connectivity index (χ3n) is 2.41. The Balaban J connectivity index is 3.75. The molecule has 0 saturated heterocycles. The Morgan fingerprint density at radius 2 is 2.08 bits per heavy atom. The van der Waals surface area contributed by atoms with Crippen LogP contribution in [0.3, 0.4) is 0 Å². The molecule has 2 unspecified atom stereocenters. The van der Waals surface area contributed by atoms with Crippen molar-refractivity contribution >= 4 is 0 Å². The van der Waals surface area contributed by atoms with Crippen LogP contribution < -0.4 is 5.32 Å². The van der Waals surface area contributed by atoms with Crippen LogP contribution in [-0.4, -0.2) is 12.6 Å². The summed E-state index contributed by atoms with van der Waals surface area (Å²) in [6, 6.07) is 0.632. The standard InChI is InChI=1S/C11H23N/c1-5-8-11(10(4)7-3)12-9-6-2/h5,10-12H,1,6-9H2,2-4H3. The SMILES string of the molecule is C=CCC(NCCC)C(C)CC. The van der Waals surface area contributed by atoms with E-state index in [1.807, 2.05) is 6.08 Å². The van der Waals surface area contributed by atoms with Crippen molar-refractivity contribution in [3.05, 3.63) is 12.7 Å². The minimum atomic E-state index is 0.632. The van der Waals surface area contributed by atoms with Gasteiger partial charge in [-0.2, -0.15) is 0 Å². The highest BCUT2D eigenvalue weighted by Gasteiger charge is 2.12. The normalized spacial score (nSPS) is 15.6. The zero-order valence-corrected chi connectivity index (χ0v) is 8.77. The zero-order valence-electron chi connectivity index (χ0n) is 8.77. The molecule has 0 amide bonds. The van der Waals surface area contributed by atoms with Crippen molar-refractivity contribution in [2.24, 2.45) is 5.92 Å². The second-order valence-corrected chi connectivity index (χ2v) is 3.47. The maximum Gasteiger partial charge on any atom is 0.0127 e. The van der Waals surface area contributed by atoms with Crippen LogP contribution in [0.15, 0.2) is 12.7 Å². The molecule has 0 bridgehead atoms. The minimum Gasteiger partial charge on any atom is -0.313 e. The third kappa shape index (κ3) is 4.55. The van der Waals surface area contributed by atoms with Crippen molar-refractivity contribution in [2.45, 2.75) is 46.1 Å². The molecule has 1 heteroatoms. The third-order valence-corrected chi connectivity index (χ3v) is 2.41. The van der Waals surface area contributed by atoms with Crippen LogP contribution in [0, 0.1) is 5.92 Å². The maximum absolute atomic E-state index is 3.79. The highest BCUT2D eigenvalue weighted by Crippen LogP contribution is 2.11. The molecule has 0 radical (unpaired) electrons. The Morgan fingerprint density at radius 1 is 1.42 bits per heavy atom. The molecule has 1 N–H and O–H groups in total. The zero-order chi connectivity index (χ0) is 9.40. The number of rotatable bonds is 7. The molecule has 0 heterocycles. The summed E-state index contributed by atoms with van der Waals surface area (Å²) in [5.74, 6) is 0.759. The molecule has 0 aliphatic carbocycles. The van der Waals surface area contributed by atoms with E-state index in [0.717, 1.165) is 18.9 Å². The molecule has 0 aliphatic rings. The summed E-state index contributed by atoms with van der Waals surface area (Å²) >= 11 is 0. The van der Waals surface area contributed by atoms with Gasteiger partial charge in [-0.3, -0.25) is 0 Å². The van der Waals surface area contributed by atoms with Crippen LogP contribution in [0.4, 0.5) is 0 Å². The molecule has 1 nitrogen and oxygen atoms in total. The van der Waals surface area contributed by atoms with Crippen molar-refractivity contribution in [2.75, 3.05) is 6.54 Å². The van der Waals surface area contributed by atoms with E-state index >= 15 is 0 Å². The second-order valence-electron chi connectivity index (χ2n) is 3.47. The first-order valence-corrected chi connectivity index (χ1v) is 5.10. The van der Waals surface area contributed by atoms with Gasteiger partial charge in [-0.25, -0.2) is 0 Å². The molecule has 0 spiro atoms. The Kier molecular flexibility index (Phi) is 7.17. The summed E-state index contributed by atoms with van der Waals surface area (Å²) in [6.45, 7) is 11.7. The van der Waals surface area contributed by atoms with Gasteiger partial charge < -0.3 is 5.32 Å². The van der Waals surface area contributed by atoms with Gasteiger partial charge in [0.1, 0.15) is 0 Å². The van der Waals surface area contributed by atoms with Gasteiger partial charge in [-0.15, -0.1) is 6.58 Å². The summed E-state index contributed by atoms with van der Waals surface area (Å²) in [6.07, 6.45) is 5.56. The van der Waals surface area contributed by atoms with Gasteiger partial charge in [0.2, 0.25) is 0 Å². The molecule has 2 atom stereocenters. The molecule has 0 fully saturated rings. The van der Waals surface area contributed by atoms with E-state index in [2.05, 4.69) is 32.7 Å². The number of hydrogen-bond acceptors (Lipinski definition) is 1. The van der Waals surface area contributed by atoms with Gasteiger partial charge in [-0.1, -0.05) is 33.3 Å². The Bertz CT molecular complexity index is 110. The fraction of sp³-hybridized carbons (Fsp3) is 0.818. The predicted molar refractivity (Wildman–Crippen MR) is 56.4 cm³/mol. The fourth-order valence-corrected chi connectivity index (χ4v) is 1.31. The van der Waals surface area contributed by atoms with Crippen LogP contribution in [0.25, 0.3) is 0 Å². The molecule has 72 valence electrons. The lowest BCUT2D eigenvalue weighted by Crippen LogP contribution is -2.34. The average Bonchev–Trinajstić information content (AvgIpc) is 2.11. The largest absolute Gasteiger partial charge is 0.313 e. The molecule has 12 heavy (non-hydrogen) atoms. The lowest BCUT2D eigenvalue weighted by Gasteiger charge is -2.22. The van der Waals surface area contributed by atoms with Gasteiger partial charge in [0.05, 0.1) is 0 Å². The maximum atomic E-state index is 3.79. The van der Waals surface area contributed by atoms with Crippen LogP contribution >= 0.6 is 0 Å². The van der Waals surface area contributed by atoms with E-state index in [1.54, 1.807) is 0 Å². The van der Waals surface area contributed by atoms with Gasteiger partial charge in [0.25, 0.3) is 0 Å². The van der Waals surface area contributed by atoms with Crippen LogP contribution in [0.2, 0.25) is 0 Å². The van der Waals surface area contributed by atoms with E-state index in [-0.39, 0.29) is 0 Å². The highest BCUT2D eigenvalue weighted by atomic mass is 14.9. The highest BCUT2D eigenvalue weighted by molar-refractivity contribution is 4.81. The first-order valence-electron chi connectivity index (χ1n) is 5.10. The second kappa shape index (κ2) is 7.35. The van der Waals surface area contributed by atoms with E-state index in [0.29, 0.717) is 6.04 Å². The van der Waals surface area contributed by atoms with Crippen molar-refractivity contribution < 1.29 is 0 Å². The molecule has 0 rings (SSSR count). The summed E-state index contributed by atoms with van der Waals surface area (Å²) in [7, 11) is 0. The van der Waals surface area contributed by atoms with Crippen LogP contribution in [0.1, 0.15) is 40.0 Å². The minimum absolute atomic E-state index is 0.632. The van der Waals surface area contributed by atoms with Gasteiger partial charge >= 0.3 is 0 Å². The summed E-state index contributed by atoms with van der Waals surface area (Å²) in [4.78, 5) is 0. The van der Waals surface area contributed by atoms with Gasteiger partial charge in [0, 0.05) is 6.04 Å². The molecule has 0 aromatic carbocycles.